The first-order chi connectivity index (χ1) is 14.6. The van der Waals surface area contributed by atoms with Gasteiger partial charge in [0, 0.05) is 0 Å². The summed E-state index contributed by atoms with van der Waals surface area (Å²) in [5, 5.41) is 20.9. The zero-order valence-corrected chi connectivity index (χ0v) is 18.5. The molecular weight excluding hydrogens is 376 g/mol. The molecule has 4 aliphatic carbocycles. The number of ether oxygens (including phenoxy) is 2. The van der Waals surface area contributed by atoms with Gasteiger partial charge in [-0.05, 0) is 97.9 Å². The van der Waals surface area contributed by atoms with Crippen molar-refractivity contribution in [3.63, 3.8) is 0 Å². The average Bonchev–Trinajstić information content (AvgIpc) is 2.74. The fourth-order valence-electron chi connectivity index (χ4n) is 4.45. The Kier molecular flexibility index (Phi) is 8.30. The van der Waals surface area contributed by atoms with E-state index in [0.717, 1.165) is 111 Å². The predicted molar refractivity (Wildman–Crippen MR) is 121 cm³/mol. The summed E-state index contributed by atoms with van der Waals surface area (Å²) < 4.78 is 11.2. The molecule has 0 atom stereocenters. The molecule has 0 unspecified atom stereocenters. The molecule has 2 N–H and O–H groups in total. The summed E-state index contributed by atoms with van der Waals surface area (Å²) in [5.41, 5.74) is 4.14. The molecule has 4 nitrogen and oxygen atoms in total. The molecule has 0 spiro atoms. The topological polar surface area (TPSA) is 58.9 Å². The van der Waals surface area contributed by atoms with Crippen molar-refractivity contribution in [3.05, 3.63) is 46.5 Å². The summed E-state index contributed by atoms with van der Waals surface area (Å²) in [6, 6.07) is 7.85. The third kappa shape index (κ3) is 5.84. The first kappa shape index (κ1) is 22.3. The van der Waals surface area contributed by atoms with Gasteiger partial charge >= 0.3 is 0 Å². The van der Waals surface area contributed by atoms with Gasteiger partial charge in [-0.1, -0.05) is 25.7 Å². The van der Waals surface area contributed by atoms with Gasteiger partial charge in [-0.3, -0.25) is 0 Å². The molecule has 0 aromatic heterocycles. The number of rotatable bonds is 2. The van der Waals surface area contributed by atoms with Crippen molar-refractivity contribution < 1.29 is 19.7 Å². The van der Waals surface area contributed by atoms with Gasteiger partial charge in [0.25, 0.3) is 0 Å². The smallest absolute Gasteiger partial charge is 0.122 e. The highest BCUT2D eigenvalue weighted by atomic mass is 16.5. The van der Waals surface area contributed by atoms with E-state index in [1.807, 2.05) is 24.3 Å². The second-order valence-corrected chi connectivity index (χ2v) is 8.41. The van der Waals surface area contributed by atoms with Gasteiger partial charge in [-0.25, -0.2) is 0 Å². The third-order valence-corrected chi connectivity index (χ3v) is 6.25. The molecule has 4 aliphatic rings. The van der Waals surface area contributed by atoms with Crippen LogP contribution in [-0.2, 0) is 25.7 Å². The summed E-state index contributed by atoms with van der Waals surface area (Å²) in [7, 11) is 3.42. The van der Waals surface area contributed by atoms with E-state index in [-0.39, 0.29) is 0 Å². The second-order valence-electron chi connectivity index (χ2n) is 8.41. The Balaban J connectivity index is 1.73. The third-order valence-electron chi connectivity index (χ3n) is 6.25. The van der Waals surface area contributed by atoms with E-state index in [9.17, 15) is 10.2 Å². The average molecular weight is 413 g/mol. The van der Waals surface area contributed by atoms with Gasteiger partial charge < -0.3 is 19.7 Å². The molecule has 0 aliphatic heterocycles. The van der Waals surface area contributed by atoms with Crippen LogP contribution in [0.25, 0.3) is 0 Å². The maximum absolute atomic E-state index is 10.5. The molecule has 4 heteroatoms. The van der Waals surface area contributed by atoms with E-state index < -0.39 is 0 Å². The second kappa shape index (κ2) is 11.1. The van der Waals surface area contributed by atoms with Crippen molar-refractivity contribution in [2.75, 3.05) is 14.2 Å². The summed E-state index contributed by atoms with van der Waals surface area (Å²) >= 11 is 0. The quantitative estimate of drug-likeness (QED) is 0.624. The Bertz CT molecular complexity index is 759. The maximum Gasteiger partial charge on any atom is 0.122 e. The Morgan fingerprint density at radius 2 is 0.833 bits per heavy atom. The number of aromatic hydroxyl groups is 2. The Labute approximate surface area is 180 Å². The van der Waals surface area contributed by atoms with Gasteiger partial charge in [0.1, 0.15) is 23.0 Å². The number of phenolic OH excluding ortho intramolecular Hbond substituents is 2. The normalized spacial score (nSPS) is 16.3. The highest BCUT2D eigenvalue weighted by Gasteiger charge is 2.12. The van der Waals surface area contributed by atoms with E-state index in [1.165, 1.54) is 0 Å². The van der Waals surface area contributed by atoms with Gasteiger partial charge in [0.2, 0.25) is 0 Å². The van der Waals surface area contributed by atoms with Crippen molar-refractivity contribution in [1.29, 1.82) is 0 Å². The van der Waals surface area contributed by atoms with Crippen LogP contribution in [0.1, 0.15) is 73.6 Å². The van der Waals surface area contributed by atoms with Crippen molar-refractivity contribution in [2.45, 2.75) is 77.0 Å². The van der Waals surface area contributed by atoms with Crippen LogP contribution < -0.4 is 9.47 Å². The molecule has 0 fully saturated rings. The van der Waals surface area contributed by atoms with Crippen molar-refractivity contribution in [2.24, 2.45) is 0 Å². The lowest BCUT2D eigenvalue weighted by molar-refractivity contribution is 0.402. The fourth-order valence-corrected chi connectivity index (χ4v) is 4.45. The van der Waals surface area contributed by atoms with E-state index in [2.05, 4.69) is 0 Å². The zero-order chi connectivity index (χ0) is 21.3. The summed E-state index contributed by atoms with van der Waals surface area (Å²) in [6.07, 6.45) is 12.2. The van der Waals surface area contributed by atoms with Crippen LogP contribution in [0.3, 0.4) is 0 Å². The van der Waals surface area contributed by atoms with E-state index in [1.54, 1.807) is 14.2 Å². The van der Waals surface area contributed by atoms with Crippen LogP contribution in [0.5, 0.6) is 23.0 Å². The maximum atomic E-state index is 10.5. The molecular formula is C26H36O4. The summed E-state index contributed by atoms with van der Waals surface area (Å²) in [5.74, 6) is 2.60. The number of hydrogen-bond donors (Lipinski definition) is 2. The Hall–Kier alpha value is -2.36. The highest BCUT2D eigenvalue weighted by Crippen LogP contribution is 2.32. The van der Waals surface area contributed by atoms with Crippen molar-refractivity contribution >= 4 is 0 Å². The molecule has 0 saturated heterocycles. The number of benzene rings is 2. The van der Waals surface area contributed by atoms with Crippen LogP contribution >= 0.6 is 0 Å². The molecule has 0 radical (unpaired) electrons. The number of hydrogen-bond acceptors (Lipinski definition) is 4. The largest absolute Gasteiger partial charge is 0.508 e. The molecule has 2 aromatic rings. The van der Waals surface area contributed by atoms with Gasteiger partial charge in [-0.15, -0.1) is 0 Å². The Morgan fingerprint density at radius 3 is 1.17 bits per heavy atom. The van der Waals surface area contributed by atoms with E-state index in [0.29, 0.717) is 11.5 Å². The minimum atomic E-state index is 0.403. The minimum absolute atomic E-state index is 0.403. The number of methoxy groups -OCH3 is 2. The lowest BCUT2D eigenvalue weighted by atomic mass is 9.96. The summed E-state index contributed by atoms with van der Waals surface area (Å²) in [6.45, 7) is 0. The summed E-state index contributed by atoms with van der Waals surface area (Å²) in [4.78, 5) is 0. The first-order valence-electron chi connectivity index (χ1n) is 11.4. The molecule has 4 bridgehead atoms. The monoisotopic (exact) mass is 412 g/mol. The number of aryl methyl sites for hydroxylation is 4. The lowest BCUT2D eigenvalue weighted by Crippen LogP contribution is -1.98. The van der Waals surface area contributed by atoms with Crippen LogP contribution in [0.2, 0.25) is 0 Å². The van der Waals surface area contributed by atoms with Crippen molar-refractivity contribution in [1.82, 2.24) is 0 Å². The van der Waals surface area contributed by atoms with E-state index >= 15 is 0 Å². The van der Waals surface area contributed by atoms with Crippen molar-refractivity contribution in [3.8, 4) is 23.0 Å². The molecule has 164 valence electrons. The van der Waals surface area contributed by atoms with Crippen LogP contribution in [0.4, 0.5) is 0 Å². The molecule has 0 saturated carbocycles. The van der Waals surface area contributed by atoms with Crippen LogP contribution in [0.15, 0.2) is 24.3 Å². The number of phenols is 2. The predicted octanol–water partition coefficient (Wildman–Crippen LogP) is 6.12. The van der Waals surface area contributed by atoms with Gasteiger partial charge in [-0.2, -0.15) is 0 Å². The Morgan fingerprint density at radius 1 is 0.500 bits per heavy atom. The molecule has 2 aromatic carbocycles. The SMILES string of the molecule is COc1cc2c(O)cc1CCCCCCc1cc(OC)c(cc1O)CCCCCC2. The molecule has 30 heavy (non-hydrogen) atoms. The molecule has 0 heterocycles. The molecule has 0 amide bonds. The lowest BCUT2D eigenvalue weighted by Gasteiger charge is -2.14. The van der Waals surface area contributed by atoms with Gasteiger partial charge in [0.05, 0.1) is 14.2 Å². The van der Waals surface area contributed by atoms with Crippen LogP contribution in [0, 0.1) is 0 Å². The fraction of sp³-hybridized carbons (Fsp3) is 0.538. The standard InChI is InChI=1S/C26H36O4/c1-29-25-17-19-11-7-4-6-10-14-22-16-24(28)20(18-26(22)30-2)12-8-3-5-9-13-21(25)15-23(19)27/h15-18,27-28H,3-14H2,1-2H3. The minimum Gasteiger partial charge on any atom is -0.508 e. The van der Waals surface area contributed by atoms with Crippen LogP contribution in [-0.4, -0.2) is 24.4 Å². The molecule has 6 rings (SSSR count). The first-order valence-corrected chi connectivity index (χ1v) is 11.4. The zero-order valence-electron chi connectivity index (χ0n) is 18.5. The highest BCUT2D eigenvalue weighted by molar-refractivity contribution is 5.47. The van der Waals surface area contributed by atoms with Gasteiger partial charge in [0.15, 0.2) is 0 Å². The van der Waals surface area contributed by atoms with E-state index in [4.69, 9.17) is 9.47 Å².